The summed E-state index contributed by atoms with van der Waals surface area (Å²) >= 11 is 0. The van der Waals surface area contributed by atoms with Crippen LogP contribution in [0.15, 0.2) is 228 Å². The van der Waals surface area contributed by atoms with Crippen molar-refractivity contribution in [2.75, 3.05) is 9.80 Å². The van der Waals surface area contributed by atoms with Gasteiger partial charge < -0.3 is 9.80 Å². The summed E-state index contributed by atoms with van der Waals surface area (Å²) in [6.07, 6.45) is 0. The van der Waals surface area contributed by atoms with Crippen molar-refractivity contribution in [3.8, 4) is 0 Å². The van der Waals surface area contributed by atoms with Gasteiger partial charge in [0.15, 0.2) is 8.07 Å². The molecule has 1 aliphatic rings. The SMILES string of the molecule is O=S1(=O)c2ccccc2N(c2ccc([Si](c3ccccc3)(c3ccccc3)c3ccc(N(c4ccccc4)c4ccccc4)cc3)cc2)c2ccccc21. The van der Waals surface area contributed by atoms with Gasteiger partial charge in [-0.05, 0) is 93.5 Å². The predicted octanol–water partition coefficient (Wildman–Crippen LogP) is 9.15. The maximum Gasteiger partial charge on any atom is 0.210 e. The van der Waals surface area contributed by atoms with Crippen LogP contribution in [0, 0.1) is 0 Å². The Morgan fingerprint density at radius 3 is 1.13 bits per heavy atom. The molecule has 4 nitrogen and oxygen atoms in total. The minimum Gasteiger partial charge on any atom is -0.311 e. The van der Waals surface area contributed by atoms with Crippen LogP contribution in [0.1, 0.15) is 0 Å². The van der Waals surface area contributed by atoms with Crippen molar-refractivity contribution in [3.63, 3.8) is 0 Å². The molecular formula is C48H36N2O2SSi. The Kier molecular flexibility index (Phi) is 8.54. The van der Waals surface area contributed by atoms with Crippen molar-refractivity contribution in [1.82, 2.24) is 0 Å². The zero-order chi connectivity index (χ0) is 36.5. The van der Waals surface area contributed by atoms with Crippen LogP contribution in [-0.2, 0) is 9.84 Å². The molecule has 1 aliphatic heterocycles. The number of anilines is 6. The highest BCUT2D eigenvalue weighted by Gasteiger charge is 2.42. The number of nitrogens with zero attached hydrogens (tertiary/aromatic N) is 2. The number of rotatable bonds is 8. The van der Waals surface area contributed by atoms with Gasteiger partial charge in [0.1, 0.15) is 0 Å². The third-order valence-electron chi connectivity index (χ3n) is 10.4. The molecule has 9 rings (SSSR count). The largest absolute Gasteiger partial charge is 0.311 e. The Morgan fingerprint density at radius 1 is 0.352 bits per heavy atom. The van der Waals surface area contributed by atoms with E-state index in [9.17, 15) is 8.42 Å². The lowest BCUT2D eigenvalue weighted by Gasteiger charge is -2.36. The van der Waals surface area contributed by atoms with Gasteiger partial charge in [-0.3, -0.25) is 0 Å². The fourth-order valence-electron chi connectivity index (χ4n) is 7.96. The van der Waals surface area contributed by atoms with Gasteiger partial charge in [0, 0.05) is 22.7 Å². The number of hydrogen-bond donors (Lipinski definition) is 0. The molecule has 0 radical (unpaired) electrons. The Balaban J connectivity index is 1.22. The number of benzene rings is 8. The maximum absolute atomic E-state index is 13.7. The van der Waals surface area contributed by atoms with Gasteiger partial charge in [0.05, 0.1) is 21.2 Å². The van der Waals surface area contributed by atoms with E-state index in [1.807, 2.05) is 36.4 Å². The Labute approximate surface area is 317 Å². The Morgan fingerprint density at radius 2 is 0.685 bits per heavy atom. The molecule has 260 valence electrons. The minimum absolute atomic E-state index is 0.310. The highest BCUT2D eigenvalue weighted by molar-refractivity contribution is 7.92. The van der Waals surface area contributed by atoms with Crippen LogP contribution in [0.25, 0.3) is 0 Å². The van der Waals surface area contributed by atoms with E-state index in [1.165, 1.54) is 20.7 Å². The maximum atomic E-state index is 13.7. The highest BCUT2D eigenvalue weighted by Crippen LogP contribution is 2.47. The van der Waals surface area contributed by atoms with E-state index < -0.39 is 17.9 Å². The molecule has 0 aromatic heterocycles. The molecule has 0 N–H and O–H groups in total. The molecule has 0 bridgehead atoms. The number of hydrogen-bond acceptors (Lipinski definition) is 4. The van der Waals surface area contributed by atoms with Crippen LogP contribution in [0.3, 0.4) is 0 Å². The van der Waals surface area contributed by atoms with Crippen molar-refractivity contribution >= 4 is 72.8 Å². The van der Waals surface area contributed by atoms with Crippen LogP contribution in [0.2, 0.25) is 0 Å². The smallest absolute Gasteiger partial charge is 0.210 e. The molecule has 0 fully saturated rings. The lowest BCUT2D eigenvalue weighted by atomic mass is 10.2. The molecule has 6 heteroatoms. The average Bonchev–Trinajstić information content (AvgIpc) is 3.24. The monoisotopic (exact) mass is 732 g/mol. The molecule has 0 spiro atoms. The average molecular weight is 733 g/mol. The lowest BCUT2D eigenvalue weighted by Crippen LogP contribution is -2.74. The van der Waals surface area contributed by atoms with E-state index in [2.05, 4.69) is 168 Å². The van der Waals surface area contributed by atoms with E-state index in [-0.39, 0.29) is 0 Å². The Hall–Kier alpha value is -6.47. The first-order valence-electron chi connectivity index (χ1n) is 18.0. The van der Waals surface area contributed by atoms with Crippen molar-refractivity contribution in [2.45, 2.75) is 9.79 Å². The van der Waals surface area contributed by atoms with E-state index in [1.54, 1.807) is 24.3 Å². The van der Waals surface area contributed by atoms with Crippen LogP contribution >= 0.6 is 0 Å². The van der Waals surface area contributed by atoms with E-state index in [4.69, 9.17) is 0 Å². The van der Waals surface area contributed by atoms with Gasteiger partial charge in [0.2, 0.25) is 9.84 Å². The van der Waals surface area contributed by atoms with Crippen LogP contribution < -0.4 is 30.5 Å². The fraction of sp³-hybridized carbons (Fsp3) is 0. The molecule has 0 amide bonds. The summed E-state index contributed by atoms with van der Waals surface area (Å²) < 4.78 is 27.5. The molecule has 0 saturated heterocycles. The third-order valence-corrected chi connectivity index (χ3v) is 17.0. The minimum atomic E-state index is -3.67. The summed E-state index contributed by atoms with van der Waals surface area (Å²) in [6.45, 7) is 0. The number of sulfone groups is 1. The van der Waals surface area contributed by atoms with Gasteiger partial charge in [-0.1, -0.05) is 146 Å². The van der Waals surface area contributed by atoms with Gasteiger partial charge in [0.25, 0.3) is 0 Å². The summed E-state index contributed by atoms with van der Waals surface area (Å²) in [7, 11) is -6.55. The van der Waals surface area contributed by atoms with Crippen molar-refractivity contribution in [1.29, 1.82) is 0 Å². The van der Waals surface area contributed by atoms with Crippen molar-refractivity contribution in [2.24, 2.45) is 0 Å². The summed E-state index contributed by atoms with van der Waals surface area (Å²) in [4.78, 5) is 4.98. The lowest BCUT2D eigenvalue weighted by molar-refractivity contribution is 0.595. The third kappa shape index (κ3) is 5.55. The molecule has 0 atom stereocenters. The first kappa shape index (κ1) is 33.4. The highest BCUT2D eigenvalue weighted by atomic mass is 32.2. The summed E-state index contributed by atoms with van der Waals surface area (Å²) in [5.41, 5.74) is 5.46. The van der Waals surface area contributed by atoms with Gasteiger partial charge in [-0.15, -0.1) is 0 Å². The van der Waals surface area contributed by atoms with E-state index in [0.29, 0.717) is 21.2 Å². The molecule has 54 heavy (non-hydrogen) atoms. The summed E-state index contributed by atoms with van der Waals surface area (Å²) in [5.74, 6) is 0. The van der Waals surface area contributed by atoms with Crippen molar-refractivity contribution < 1.29 is 8.42 Å². The standard InChI is InChI=1S/C48H36N2O2SSi/c51-53(52)47-27-15-13-25-45(47)50(46-26-14-16-28-48(46)53)40-31-35-44(36-32-40)54(41-21-9-3-10-22-41,42-23-11-4-12-24-42)43-33-29-39(30-34-43)49(37-17-5-1-6-18-37)38-19-7-2-8-20-38/h1-36H. The first-order chi connectivity index (χ1) is 26.6. The zero-order valence-electron chi connectivity index (χ0n) is 29.4. The second-order valence-corrected chi connectivity index (χ2v) is 19.1. The van der Waals surface area contributed by atoms with E-state index in [0.717, 1.165) is 22.7 Å². The first-order valence-corrected chi connectivity index (χ1v) is 21.5. The Bertz CT molecular complexity index is 2520. The molecule has 8 aromatic rings. The van der Waals surface area contributed by atoms with Crippen molar-refractivity contribution in [3.05, 3.63) is 218 Å². The van der Waals surface area contributed by atoms with Crippen LogP contribution in [0.5, 0.6) is 0 Å². The molecule has 0 saturated carbocycles. The quantitative estimate of drug-likeness (QED) is 0.116. The van der Waals surface area contributed by atoms with Crippen LogP contribution in [0.4, 0.5) is 34.1 Å². The fourth-order valence-corrected chi connectivity index (χ4v) is 14.3. The molecule has 0 aliphatic carbocycles. The van der Waals surface area contributed by atoms with Gasteiger partial charge in [-0.25, -0.2) is 8.42 Å². The molecule has 1 heterocycles. The number of fused-ring (bicyclic) bond motifs is 2. The zero-order valence-corrected chi connectivity index (χ0v) is 31.2. The van der Waals surface area contributed by atoms with Gasteiger partial charge in [-0.2, -0.15) is 0 Å². The second kappa shape index (κ2) is 13.8. The molecule has 8 aromatic carbocycles. The summed E-state index contributed by atoms with van der Waals surface area (Å²) in [6, 6.07) is 75.2. The summed E-state index contributed by atoms with van der Waals surface area (Å²) in [5, 5.41) is 5.04. The molecule has 0 unspecified atom stereocenters. The normalized spacial score (nSPS) is 13.1. The van der Waals surface area contributed by atoms with Gasteiger partial charge >= 0.3 is 0 Å². The van der Waals surface area contributed by atoms with E-state index >= 15 is 0 Å². The predicted molar refractivity (Wildman–Crippen MR) is 225 cm³/mol. The molecular weight excluding hydrogens is 697 g/mol. The number of para-hydroxylation sites is 4. The second-order valence-electron chi connectivity index (χ2n) is 13.4. The topological polar surface area (TPSA) is 40.6 Å². The van der Waals surface area contributed by atoms with Crippen LogP contribution in [-0.4, -0.2) is 16.5 Å².